The summed E-state index contributed by atoms with van der Waals surface area (Å²) in [6.07, 6.45) is 0.725. The van der Waals surface area contributed by atoms with Gasteiger partial charge in [-0.15, -0.1) is 0 Å². The molecule has 1 fully saturated rings. The number of Topliss-reactive ketones (excluding diaryl/α,β-unsaturated/α-hetero) is 1. The first-order valence-electron chi connectivity index (χ1n) is 10.8. The molecule has 4 rings (SSSR count). The first-order chi connectivity index (χ1) is 15.9. The molecule has 0 spiro atoms. The smallest absolute Gasteiger partial charge is 0.321 e. The van der Waals surface area contributed by atoms with Gasteiger partial charge in [-0.2, -0.15) is 0 Å². The normalized spacial score (nSPS) is 13.7. The SMILES string of the molecule is CC(=O)c1ccccc1NC(=O)c1cccc(N2CCCN(Cc3ccccc3F)C2=O)c1. The van der Waals surface area contributed by atoms with Crippen molar-refractivity contribution in [2.24, 2.45) is 0 Å². The number of para-hydroxylation sites is 1. The van der Waals surface area contributed by atoms with Crippen LogP contribution in [0.5, 0.6) is 0 Å². The molecule has 3 amide bonds. The van der Waals surface area contributed by atoms with Crippen molar-refractivity contribution in [1.82, 2.24) is 4.90 Å². The van der Waals surface area contributed by atoms with Crippen LogP contribution in [0.15, 0.2) is 72.8 Å². The van der Waals surface area contributed by atoms with Crippen LogP contribution < -0.4 is 10.2 Å². The number of hydrogen-bond donors (Lipinski definition) is 1. The minimum Gasteiger partial charge on any atom is -0.321 e. The summed E-state index contributed by atoms with van der Waals surface area (Å²) in [4.78, 5) is 41.0. The zero-order chi connectivity index (χ0) is 23.4. The predicted octanol–water partition coefficient (Wildman–Crippen LogP) is 5.11. The van der Waals surface area contributed by atoms with Crippen molar-refractivity contribution in [2.45, 2.75) is 19.9 Å². The van der Waals surface area contributed by atoms with Crippen LogP contribution in [-0.4, -0.2) is 35.7 Å². The average Bonchev–Trinajstić information content (AvgIpc) is 2.82. The van der Waals surface area contributed by atoms with Gasteiger partial charge in [0, 0.05) is 35.5 Å². The lowest BCUT2D eigenvalue weighted by molar-refractivity contribution is 0.101. The van der Waals surface area contributed by atoms with E-state index in [1.54, 1.807) is 76.5 Å². The molecule has 33 heavy (non-hydrogen) atoms. The molecule has 1 aliphatic heterocycles. The third-order valence-electron chi connectivity index (χ3n) is 5.60. The minimum atomic E-state index is -0.377. The molecule has 1 heterocycles. The van der Waals surface area contributed by atoms with Gasteiger partial charge in [0.25, 0.3) is 5.91 Å². The van der Waals surface area contributed by atoms with Gasteiger partial charge in [0.05, 0.1) is 12.2 Å². The van der Waals surface area contributed by atoms with Gasteiger partial charge in [-0.3, -0.25) is 14.5 Å². The van der Waals surface area contributed by atoms with Crippen molar-refractivity contribution in [3.8, 4) is 0 Å². The Balaban J connectivity index is 1.52. The Morgan fingerprint density at radius 2 is 1.73 bits per heavy atom. The molecular weight excluding hydrogens is 421 g/mol. The van der Waals surface area contributed by atoms with Crippen LogP contribution in [0.4, 0.5) is 20.6 Å². The van der Waals surface area contributed by atoms with Crippen molar-refractivity contribution >= 4 is 29.1 Å². The van der Waals surface area contributed by atoms with Gasteiger partial charge < -0.3 is 10.2 Å². The summed E-state index contributed by atoms with van der Waals surface area (Å²) in [5, 5.41) is 2.78. The number of benzene rings is 3. The third kappa shape index (κ3) is 4.92. The summed E-state index contributed by atoms with van der Waals surface area (Å²) in [6, 6.07) is 19.8. The highest BCUT2D eigenvalue weighted by Crippen LogP contribution is 2.24. The predicted molar refractivity (Wildman–Crippen MR) is 125 cm³/mol. The van der Waals surface area contributed by atoms with E-state index >= 15 is 0 Å². The molecule has 0 radical (unpaired) electrons. The van der Waals surface area contributed by atoms with Crippen LogP contribution in [-0.2, 0) is 6.54 Å². The molecule has 0 aromatic heterocycles. The summed E-state index contributed by atoms with van der Waals surface area (Å²) < 4.78 is 14.1. The Hall–Kier alpha value is -4.00. The average molecular weight is 445 g/mol. The van der Waals surface area contributed by atoms with Crippen molar-refractivity contribution in [3.05, 3.63) is 95.3 Å². The second-order valence-corrected chi connectivity index (χ2v) is 7.91. The fourth-order valence-corrected chi connectivity index (χ4v) is 3.91. The molecule has 168 valence electrons. The van der Waals surface area contributed by atoms with Crippen LogP contribution in [0.25, 0.3) is 0 Å². The minimum absolute atomic E-state index is 0.145. The number of ketones is 1. The first-order valence-corrected chi connectivity index (χ1v) is 10.8. The monoisotopic (exact) mass is 445 g/mol. The molecular formula is C26H24FN3O3. The van der Waals surface area contributed by atoms with Gasteiger partial charge in [0.2, 0.25) is 0 Å². The summed E-state index contributed by atoms with van der Waals surface area (Å²) in [5.41, 5.74) is 2.28. The highest BCUT2D eigenvalue weighted by Gasteiger charge is 2.28. The number of anilines is 2. The van der Waals surface area contributed by atoms with Gasteiger partial charge in [0.1, 0.15) is 5.82 Å². The summed E-state index contributed by atoms with van der Waals surface area (Å²) in [6.45, 7) is 2.67. The molecule has 1 saturated heterocycles. The number of amides is 3. The number of hydrogen-bond acceptors (Lipinski definition) is 3. The van der Waals surface area contributed by atoms with E-state index in [-0.39, 0.29) is 30.1 Å². The third-order valence-corrected chi connectivity index (χ3v) is 5.60. The summed E-state index contributed by atoms with van der Waals surface area (Å²) >= 11 is 0. The van der Waals surface area contributed by atoms with Gasteiger partial charge in [-0.25, -0.2) is 9.18 Å². The van der Waals surface area contributed by atoms with E-state index < -0.39 is 0 Å². The Morgan fingerprint density at radius 3 is 2.52 bits per heavy atom. The Labute approximate surface area is 191 Å². The highest BCUT2D eigenvalue weighted by atomic mass is 19.1. The van der Waals surface area contributed by atoms with Crippen LogP contribution in [0.1, 0.15) is 39.6 Å². The second-order valence-electron chi connectivity index (χ2n) is 7.91. The fourth-order valence-electron chi connectivity index (χ4n) is 3.91. The molecule has 0 bridgehead atoms. The lowest BCUT2D eigenvalue weighted by Gasteiger charge is -2.36. The number of rotatable bonds is 6. The number of carbonyl (C=O) groups is 3. The maximum absolute atomic E-state index is 14.1. The fraction of sp³-hybridized carbons (Fsp3) is 0.192. The van der Waals surface area contributed by atoms with Crippen LogP contribution in [0.3, 0.4) is 0 Å². The van der Waals surface area contributed by atoms with Gasteiger partial charge in [-0.05, 0) is 49.7 Å². The summed E-state index contributed by atoms with van der Waals surface area (Å²) in [5.74, 6) is -0.862. The standard InChI is InChI=1S/C26H24FN3O3/c1-18(31)22-11-3-5-13-24(22)28-25(32)19-9-6-10-21(16-19)30-15-7-14-29(26(30)33)17-20-8-2-4-12-23(20)27/h2-6,8-13,16H,7,14-15,17H2,1H3,(H,28,32). The Bertz CT molecular complexity index is 1210. The summed E-state index contributed by atoms with van der Waals surface area (Å²) in [7, 11) is 0. The topological polar surface area (TPSA) is 69.7 Å². The lowest BCUT2D eigenvalue weighted by Crippen LogP contribution is -2.49. The molecule has 1 N–H and O–H groups in total. The molecule has 3 aromatic rings. The second kappa shape index (κ2) is 9.65. The van der Waals surface area contributed by atoms with Crippen molar-refractivity contribution in [1.29, 1.82) is 0 Å². The number of urea groups is 1. The highest BCUT2D eigenvalue weighted by molar-refractivity contribution is 6.09. The Morgan fingerprint density at radius 1 is 0.970 bits per heavy atom. The molecule has 1 aliphatic rings. The molecule has 0 aliphatic carbocycles. The van der Waals surface area contributed by atoms with Crippen LogP contribution >= 0.6 is 0 Å². The van der Waals surface area contributed by atoms with E-state index in [2.05, 4.69) is 5.32 Å². The zero-order valence-corrected chi connectivity index (χ0v) is 18.3. The Kier molecular flexibility index (Phi) is 6.49. The number of halogens is 1. The van der Waals surface area contributed by atoms with Crippen LogP contribution in [0, 0.1) is 5.82 Å². The number of nitrogens with one attached hydrogen (secondary N) is 1. The molecule has 0 unspecified atom stereocenters. The maximum Gasteiger partial charge on any atom is 0.324 e. The first kappa shape index (κ1) is 22.2. The molecule has 3 aromatic carbocycles. The van der Waals surface area contributed by atoms with Crippen LogP contribution in [0.2, 0.25) is 0 Å². The molecule has 0 saturated carbocycles. The molecule has 6 nitrogen and oxygen atoms in total. The van der Waals surface area contributed by atoms with E-state index in [0.717, 1.165) is 6.42 Å². The van der Waals surface area contributed by atoms with E-state index in [1.165, 1.54) is 13.0 Å². The van der Waals surface area contributed by atoms with Crippen molar-refractivity contribution < 1.29 is 18.8 Å². The van der Waals surface area contributed by atoms with E-state index in [0.29, 0.717) is 41.2 Å². The van der Waals surface area contributed by atoms with Gasteiger partial charge in [0.15, 0.2) is 5.78 Å². The van der Waals surface area contributed by atoms with Gasteiger partial charge in [-0.1, -0.05) is 36.4 Å². The van der Waals surface area contributed by atoms with Crippen molar-refractivity contribution in [3.63, 3.8) is 0 Å². The van der Waals surface area contributed by atoms with Crippen molar-refractivity contribution in [2.75, 3.05) is 23.3 Å². The van der Waals surface area contributed by atoms with Gasteiger partial charge >= 0.3 is 6.03 Å². The quantitative estimate of drug-likeness (QED) is 0.536. The molecule has 0 atom stereocenters. The molecule has 7 heteroatoms. The number of carbonyl (C=O) groups excluding carboxylic acids is 3. The van der Waals surface area contributed by atoms with E-state index in [4.69, 9.17) is 0 Å². The van der Waals surface area contributed by atoms with E-state index in [9.17, 15) is 18.8 Å². The number of nitrogens with zero attached hydrogens (tertiary/aromatic N) is 2. The largest absolute Gasteiger partial charge is 0.324 e. The lowest BCUT2D eigenvalue weighted by atomic mass is 10.1. The van der Waals surface area contributed by atoms with E-state index in [1.807, 2.05) is 0 Å². The maximum atomic E-state index is 14.1. The zero-order valence-electron chi connectivity index (χ0n) is 18.3.